The number of rotatable bonds is 4. The molecule has 1 aliphatic heterocycles. The molecule has 2 heterocycles. The number of likely N-dealkylation sites (tertiary alicyclic amines) is 1. The van der Waals surface area contributed by atoms with Crippen molar-refractivity contribution in [2.75, 3.05) is 13.1 Å². The number of hydrogen-bond acceptors (Lipinski definition) is 5. The smallest absolute Gasteiger partial charge is 0.241 e. The highest BCUT2D eigenvalue weighted by molar-refractivity contribution is 5.53. The van der Waals surface area contributed by atoms with Crippen LogP contribution < -0.4 is 5.73 Å². The summed E-state index contributed by atoms with van der Waals surface area (Å²) in [7, 11) is 0. The average molecular weight is 320 g/mol. The number of hydrogen-bond donors (Lipinski definition) is 1. The third kappa shape index (κ3) is 3.09. The molecule has 2 aromatic carbocycles. The molecule has 5 heteroatoms. The Morgan fingerprint density at radius 3 is 2.46 bits per heavy atom. The Morgan fingerprint density at radius 1 is 1.00 bits per heavy atom. The first-order chi connectivity index (χ1) is 11.8. The summed E-state index contributed by atoms with van der Waals surface area (Å²) in [5.41, 5.74) is 8.60. The van der Waals surface area contributed by atoms with Crippen molar-refractivity contribution in [3.8, 4) is 11.4 Å². The molecule has 3 aromatic rings. The first-order valence-corrected chi connectivity index (χ1v) is 8.20. The fourth-order valence-electron chi connectivity index (χ4n) is 3.31. The molecule has 0 aliphatic carbocycles. The molecule has 122 valence electrons. The molecule has 1 saturated heterocycles. The first kappa shape index (κ1) is 15.1. The Morgan fingerprint density at radius 2 is 1.71 bits per heavy atom. The van der Waals surface area contributed by atoms with Crippen molar-refractivity contribution in [3.63, 3.8) is 0 Å². The summed E-state index contributed by atoms with van der Waals surface area (Å²) in [6.45, 7) is 2.38. The Hall–Kier alpha value is -2.50. The molecule has 4 rings (SSSR count). The predicted molar refractivity (Wildman–Crippen MR) is 92.2 cm³/mol. The van der Waals surface area contributed by atoms with Crippen LogP contribution >= 0.6 is 0 Å². The van der Waals surface area contributed by atoms with E-state index < -0.39 is 0 Å². The molecule has 0 radical (unpaired) electrons. The van der Waals surface area contributed by atoms with Gasteiger partial charge in [-0.15, -0.1) is 0 Å². The molecule has 5 nitrogen and oxygen atoms in total. The van der Waals surface area contributed by atoms with Crippen LogP contribution in [-0.2, 0) is 6.54 Å². The molecular formula is C19H20N4O. The molecule has 24 heavy (non-hydrogen) atoms. The minimum Gasteiger partial charge on any atom is -0.338 e. The van der Waals surface area contributed by atoms with E-state index >= 15 is 0 Å². The Balaban J connectivity index is 1.44. The summed E-state index contributed by atoms with van der Waals surface area (Å²) in [6, 6.07) is 20.4. The van der Waals surface area contributed by atoms with Gasteiger partial charge in [0.05, 0.1) is 6.54 Å². The van der Waals surface area contributed by atoms with Gasteiger partial charge in [-0.3, -0.25) is 4.90 Å². The van der Waals surface area contributed by atoms with Gasteiger partial charge in [0.15, 0.2) is 0 Å². The molecule has 1 aliphatic rings. The van der Waals surface area contributed by atoms with Crippen LogP contribution in [0.15, 0.2) is 65.2 Å². The second-order valence-corrected chi connectivity index (χ2v) is 6.25. The quantitative estimate of drug-likeness (QED) is 0.800. The summed E-state index contributed by atoms with van der Waals surface area (Å²) in [5.74, 6) is 1.62. The van der Waals surface area contributed by atoms with E-state index in [9.17, 15) is 0 Å². The van der Waals surface area contributed by atoms with Crippen LogP contribution in [0.2, 0.25) is 0 Å². The van der Waals surface area contributed by atoms with Crippen molar-refractivity contribution in [1.29, 1.82) is 0 Å². The maximum absolute atomic E-state index is 6.34. The fraction of sp³-hybridized carbons (Fsp3) is 0.263. The Kier molecular flexibility index (Phi) is 4.11. The van der Waals surface area contributed by atoms with E-state index in [1.165, 1.54) is 5.56 Å². The monoisotopic (exact) mass is 320 g/mol. The molecule has 2 atom stereocenters. The van der Waals surface area contributed by atoms with E-state index in [1.807, 2.05) is 36.4 Å². The van der Waals surface area contributed by atoms with Crippen molar-refractivity contribution in [3.05, 3.63) is 72.1 Å². The van der Waals surface area contributed by atoms with Crippen molar-refractivity contribution < 1.29 is 4.52 Å². The van der Waals surface area contributed by atoms with E-state index in [4.69, 9.17) is 10.3 Å². The van der Waals surface area contributed by atoms with Crippen LogP contribution in [0, 0.1) is 0 Å². The van der Waals surface area contributed by atoms with Gasteiger partial charge in [-0.05, 0) is 5.56 Å². The van der Waals surface area contributed by atoms with Crippen molar-refractivity contribution in [2.24, 2.45) is 5.73 Å². The van der Waals surface area contributed by atoms with Crippen LogP contribution in [0.5, 0.6) is 0 Å². The molecule has 1 aromatic heterocycles. The highest BCUT2D eigenvalue weighted by atomic mass is 16.5. The van der Waals surface area contributed by atoms with Crippen molar-refractivity contribution in [1.82, 2.24) is 15.0 Å². The molecule has 0 bridgehead atoms. The normalized spacial score (nSPS) is 21.2. The zero-order chi connectivity index (χ0) is 16.4. The summed E-state index contributed by atoms with van der Waals surface area (Å²) in [6.07, 6.45) is 0. The molecule has 0 unspecified atom stereocenters. The van der Waals surface area contributed by atoms with Gasteiger partial charge in [0.1, 0.15) is 0 Å². The number of aromatic nitrogens is 2. The SMILES string of the molecule is N[C@@H]1CN(Cc2nc(-c3ccccc3)no2)C[C@H]1c1ccccc1. The standard InChI is InChI=1S/C19H20N4O/c20-17-12-23(11-16(17)14-7-3-1-4-8-14)13-18-21-19(22-24-18)15-9-5-2-6-10-15/h1-10,16-17H,11-13,20H2/t16-,17+/m0/s1. The van der Waals surface area contributed by atoms with Gasteiger partial charge in [-0.1, -0.05) is 65.8 Å². The van der Waals surface area contributed by atoms with E-state index in [0.717, 1.165) is 18.7 Å². The van der Waals surface area contributed by atoms with Gasteiger partial charge in [0.2, 0.25) is 11.7 Å². The van der Waals surface area contributed by atoms with Crippen molar-refractivity contribution in [2.45, 2.75) is 18.5 Å². The molecule has 0 amide bonds. The van der Waals surface area contributed by atoms with E-state index in [1.54, 1.807) is 0 Å². The maximum atomic E-state index is 6.34. The van der Waals surface area contributed by atoms with Gasteiger partial charge in [-0.2, -0.15) is 4.98 Å². The molecular weight excluding hydrogens is 300 g/mol. The van der Waals surface area contributed by atoms with Gasteiger partial charge < -0.3 is 10.3 Å². The highest BCUT2D eigenvalue weighted by Gasteiger charge is 2.31. The predicted octanol–water partition coefficient (Wildman–Crippen LogP) is 2.66. The summed E-state index contributed by atoms with van der Waals surface area (Å²) >= 11 is 0. The zero-order valence-electron chi connectivity index (χ0n) is 13.4. The van der Waals surface area contributed by atoms with E-state index in [-0.39, 0.29) is 6.04 Å². The molecule has 2 N–H and O–H groups in total. The minimum absolute atomic E-state index is 0.129. The molecule has 0 spiro atoms. The van der Waals surface area contributed by atoms with Gasteiger partial charge in [0.25, 0.3) is 0 Å². The van der Waals surface area contributed by atoms with Crippen LogP contribution in [0.25, 0.3) is 11.4 Å². The van der Waals surface area contributed by atoms with Gasteiger partial charge in [0, 0.05) is 30.6 Å². The third-order valence-corrected chi connectivity index (χ3v) is 4.53. The summed E-state index contributed by atoms with van der Waals surface area (Å²) < 4.78 is 5.41. The van der Waals surface area contributed by atoms with E-state index in [0.29, 0.717) is 24.2 Å². The van der Waals surface area contributed by atoms with Crippen LogP contribution in [0.1, 0.15) is 17.4 Å². The van der Waals surface area contributed by atoms with Crippen molar-refractivity contribution >= 4 is 0 Å². The molecule has 1 fully saturated rings. The Labute approximate surface area is 141 Å². The number of benzene rings is 2. The lowest BCUT2D eigenvalue weighted by atomic mass is 9.95. The second-order valence-electron chi connectivity index (χ2n) is 6.25. The van der Waals surface area contributed by atoms with Crippen LogP contribution in [-0.4, -0.2) is 34.2 Å². The first-order valence-electron chi connectivity index (χ1n) is 8.20. The lowest BCUT2D eigenvalue weighted by molar-refractivity contribution is 0.264. The van der Waals surface area contributed by atoms with Gasteiger partial charge in [-0.25, -0.2) is 0 Å². The average Bonchev–Trinajstić information content (AvgIpc) is 3.23. The van der Waals surface area contributed by atoms with Gasteiger partial charge >= 0.3 is 0 Å². The third-order valence-electron chi connectivity index (χ3n) is 4.53. The highest BCUT2D eigenvalue weighted by Crippen LogP contribution is 2.27. The van der Waals surface area contributed by atoms with Crippen LogP contribution in [0.3, 0.4) is 0 Å². The minimum atomic E-state index is 0.129. The Bertz CT molecular complexity index is 787. The van der Waals surface area contributed by atoms with Crippen LogP contribution in [0.4, 0.5) is 0 Å². The lowest BCUT2D eigenvalue weighted by Gasteiger charge is -2.14. The second kappa shape index (κ2) is 6.55. The van der Waals surface area contributed by atoms with E-state index in [2.05, 4.69) is 39.3 Å². The molecule has 0 saturated carbocycles. The summed E-state index contributed by atoms with van der Waals surface area (Å²) in [4.78, 5) is 6.79. The largest absolute Gasteiger partial charge is 0.338 e. The lowest BCUT2D eigenvalue weighted by Crippen LogP contribution is -2.28. The fourth-order valence-corrected chi connectivity index (χ4v) is 3.31. The summed E-state index contributed by atoms with van der Waals surface area (Å²) in [5, 5.41) is 4.08. The zero-order valence-corrected chi connectivity index (χ0v) is 13.4. The maximum Gasteiger partial charge on any atom is 0.241 e. The topological polar surface area (TPSA) is 68.2 Å². The number of nitrogens with zero attached hydrogens (tertiary/aromatic N) is 3. The number of nitrogens with two attached hydrogens (primary N) is 1.